The second kappa shape index (κ2) is 9.23. The molecule has 1 amide bonds. The Hall–Kier alpha value is -2.97. The lowest BCUT2D eigenvalue weighted by molar-refractivity contribution is -0.151. The van der Waals surface area contributed by atoms with Crippen molar-refractivity contribution in [1.29, 1.82) is 0 Å². The molecule has 4 rings (SSSR count). The highest BCUT2D eigenvalue weighted by Gasteiger charge is 2.33. The zero-order valence-corrected chi connectivity index (χ0v) is 17.3. The van der Waals surface area contributed by atoms with E-state index in [0.29, 0.717) is 44.9 Å². The van der Waals surface area contributed by atoms with Crippen LogP contribution in [-0.4, -0.2) is 69.3 Å². The number of ether oxygens (including phenoxy) is 1. The molecule has 0 bridgehead atoms. The third-order valence-corrected chi connectivity index (χ3v) is 5.90. The number of carbonyl (C=O) groups excluding carboxylic acids is 2. The molecule has 0 radical (unpaired) electrons. The number of likely N-dealkylation sites (tertiary alicyclic amines) is 1. The topological polar surface area (TPSA) is 93.5 Å². The van der Waals surface area contributed by atoms with Crippen molar-refractivity contribution in [3.63, 3.8) is 0 Å². The van der Waals surface area contributed by atoms with Crippen LogP contribution in [0.25, 0.3) is 5.82 Å². The number of aromatic nitrogens is 4. The van der Waals surface area contributed by atoms with Gasteiger partial charge in [0.15, 0.2) is 5.82 Å². The number of anilines is 1. The summed E-state index contributed by atoms with van der Waals surface area (Å²) >= 11 is 0. The molecule has 0 aliphatic carbocycles. The summed E-state index contributed by atoms with van der Waals surface area (Å²) < 4.78 is 6.83. The zero-order valence-electron chi connectivity index (χ0n) is 17.3. The smallest absolute Gasteiger partial charge is 0.309 e. The van der Waals surface area contributed by atoms with Gasteiger partial charge in [0.2, 0.25) is 5.91 Å². The molecular formula is C21H28N6O3. The molecule has 2 aliphatic rings. The number of piperidine rings is 2. The number of nitrogens with zero attached hydrogens (tertiary/aromatic N) is 6. The lowest BCUT2D eigenvalue weighted by Gasteiger charge is -2.37. The summed E-state index contributed by atoms with van der Waals surface area (Å²) in [5.41, 5.74) is 0. The van der Waals surface area contributed by atoms with Gasteiger partial charge in [0.05, 0.1) is 18.4 Å². The van der Waals surface area contributed by atoms with Crippen molar-refractivity contribution < 1.29 is 14.3 Å². The van der Waals surface area contributed by atoms with Gasteiger partial charge in [0.25, 0.3) is 0 Å². The van der Waals surface area contributed by atoms with E-state index in [4.69, 9.17) is 4.74 Å². The molecular weight excluding hydrogens is 384 g/mol. The van der Waals surface area contributed by atoms with Crippen molar-refractivity contribution in [2.75, 3.05) is 37.7 Å². The lowest BCUT2D eigenvalue weighted by Crippen LogP contribution is -2.48. The van der Waals surface area contributed by atoms with Crippen molar-refractivity contribution in [3.8, 4) is 5.82 Å². The fourth-order valence-corrected chi connectivity index (χ4v) is 4.28. The number of esters is 1. The zero-order chi connectivity index (χ0) is 20.9. The van der Waals surface area contributed by atoms with E-state index in [0.717, 1.165) is 25.2 Å². The van der Waals surface area contributed by atoms with Gasteiger partial charge in [-0.3, -0.25) is 9.59 Å². The third-order valence-electron chi connectivity index (χ3n) is 5.90. The molecule has 160 valence electrons. The van der Waals surface area contributed by atoms with Crippen LogP contribution in [0.4, 0.5) is 5.82 Å². The minimum absolute atomic E-state index is 0.0546. The summed E-state index contributed by atoms with van der Waals surface area (Å²) in [5.74, 6) is 1.43. The molecule has 0 spiro atoms. The van der Waals surface area contributed by atoms with E-state index in [-0.39, 0.29) is 23.7 Å². The summed E-state index contributed by atoms with van der Waals surface area (Å²) in [5, 5.41) is 4.22. The highest BCUT2D eigenvalue weighted by Crippen LogP contribution is 2.26. The first-order valence-electron chi connectivity index (χ1n) is 10.7. The van der Waals surface area contributed by atoms with Crippen molar-refractivity contribution in [2.24, 2.45) is 11.8 Å². The first-order chi connectivity index (χ1) is 14.7. The average molecular weight is 412 g/mol. The minimum atomic E-state index is -0.134. The van der Waals surface area contributed by atoms with Gasteiger partial charge in [-0.05, 0) is 38.7 Å². The summed E-state index contributed by atoms with van der Waals surface area (Å²) in [6, 6.07) is 3.76. The molecule has 0 saturated carbocycles. The number of amides is 1. The Morgan fingerprint density at radius 3 is 2.63 bits per heavy atom. The monoisotopic (exact) mass is 412 g/mol. The Morgan fingerprint density at radius 1 is 1.10 bits per heavy atom. The first-order valence-corrected chi connectivity index (χ1v) is 10.7. The average Bonchev–Trinajstić information content (AvgIpc) is 3.34. The molecule has 4 heterocycles. The van der Waals surface area contributed by atoms with E-state index in [2.05, 4.69) is 20.0 Å². The van der Waals surface area contributed by atoms with Crippen molar-refractivity contribution >= 4 is 17.7 Å². The maximum atomic E-state index is 13.1. The number of rotatable bonds is 5. The molecule has 1 atom stereocenters. The van der Waals surface area contributed by atoms with Crippen LogP contribution in [0.1, 0.15) is 32.6 Å². The van der Waals surface area contributed by atoms with Gasteiger partial charge in [-0.25, -0.2) is 14.6 Å². The molecule has 9 nitrogen and oxygen atoms in total. The van der Waals surface area contributed by atoms with Crippen LogP contribution < -0.4 is 4.90 Å². The van der Waals surface area contributed by atoms with Gasteiger partial charge < -0.3 is 14.5 Å². The van der Waals surface area contributed by atoms with Gasteiger partial charge in [0, 0.05) is 44.6 Å². The number of hydrogen-bond acceptors (Lipinski definition) is 7. The van der Waals surface area contributed by atoms with E-state index < -0.39 is 0 Å². The first kappa shape index (κ1) is 20.3. The molecule has 2 aromatic heterocycles. The second-order valence-corrected chi connectivity index (χ2v) is 7.82. The molecule has 30 heavy (non-hydrogen) atoms. The van der Waals surface area contributed by atoms with Crippen LogP contribution in [0.15, 0.2) is 30.9 Å². The van der Waals surface area contributed by atoms with Crippen LogP contribution in [0, 0.1) is 11.8 Å². The molecule has 1 unspecified atom stereocenters. The van der Waals surface area contributed by atoms with E-state index in [1.54, 1.807) is 10.9 Å². The highest BCUT2D eigenvalue weighted by molar-refractivity contribution is 5.80. The normalized spacial score (nSPS) is 20.2. The predicted molar refractivity (Wildman–Crippen MR) is 110 cm³/mol. The predicted octanol–water partition coefficient (Wildman–Crippen LogP) is 1.68. The van der Waals surface area contributed by atoms with Gasteiger partial charge >= 0.3 is 5.97 Å². The standard InChI is InChI=1S/C21H28N6O3/c1-2-30-21(29)16-6-11-25(12-7-16)20(28)17-5-3-9-26(14-17)18-13-19(23-15-22-18)27-10-4-8-24-27/h4,8,10,13,15-17H,2-3,5-7,9,11-12,14H2,1H3. The molecule has 0 aromatic carbocycles. The molecule has 2 fully saturated rings. The van der Waals surface area contributed by atoms with Crippen LogP contribution in [0.2, 0.25) is 0 Å². The molecule has 2 aromatic rings. The van der Waals surface area contributed by atoms with Crippen molar-refractivity contribution in [1.82, 2.24) is 24.6 Å². The fraction of sp³-hybridized carbons (Fsp3) is 0.571. The van der Waals surface area contributed by atoms with Crippen LogP contribution in [0.5, 0.6) is 0 Å². The van der Waals surface area contributed by atoms with Crippen LogP contribution in [-0.2, 0) is 14.3 Å². The maximum Gasteiger partial charge on any atom is 0.309 e. The lowest BCUT2D eigenvalue weighted by atomic mass is 9.93. The Bertz CT molecular complexity index is 863. The SMILES string of the molecule is CCOC(=O)C1CCN(C(=O)C2CCCN(c3cc(-n4cccn4)ncn3)C2)CC1. The van der Waals surface area contributed by atoms with Crippen LogP contribution in [0.3, 0.4) is 0 Å². The van der Waals surface area contributed by atoms with Gasteiger partial charge in [-0.1, -0.05) is 0 Å². The fourth-order valence-electron chi connectivity index (χ4n) is 4.28. The summed E-state index contributed by atoms with van der Waals surface area (Å²) in [7, 11) is 0. The van der Waals surface area contributed by atoms with E-state index >= 15 is 0 Å². The molecule has 2 saturated heterocycles. The molecule has 2 aliphatic heterocycles. The Balaban J connectivity index is 1.37. The summed E-state index contributed by atoms with van der Waals surface area (Å²) in [6.45, 7) is 4.98. The number of carbonyl (C=O) groups is 2. The minimum Gasteiger partial charge on any atom is -0.466 e. The molecule has 9 heteroatoms. The Labute approximate surface area is 176 Å². The third kappa shape index (κ3) is 4.44. The van der Waals surface area contributed by atoms with Gasteiger partial charge in [-0.2, -0.15) is 5.10 Å². The summed E-state index contributed by atoms with van der Waals surface area (Å²) in [6.07, 6.45) is 8.27. The van der Waals surface area contributed by atoms with Crippen molar-refractivity contribution in [3.05, 3.63) is 30.9 Å². The van der Waals surface area contributed by atoms with E-state index in [1.165, 1.54) is 6.33 Å². The Kier molecular flexibility index (Phi) is 6.25. The highest BCUT2D eigenvalue weighted by atomic mass is 16.5. The molecule has 0 N–H and O–H groups in total. The van der Waals surface area contributed by atoms with E-state index in [1.807, 2.05) is 30.2 Å². The van der Waals surface area contributed by atoms with Crippen molar-refractivity contribution in [2.45, 2.75) is 32.6 Å². The Morgan fingerprint density at radius 2 is 1.90 bits per heavy atom. The second-order valence-electron chi connectivity index (χ2n) is 7.82. The maximum absolute atomic E-state index is 13.1. The largest absolute Gasteiger partial charge is 0.466 e. The van der Waals surface area contributed by atoms with Gasteiger partial charge in [-0.15, -0.1) is 0 Å². The van der Waals surface area contributed by atoms with E-state index in [9.17, 15) is 9.59 Å². The quantitative estimate of drug-likeness (QED) is 0.690. The van der Waals surface area contributed by atoms with Crippen LogP contribution >= 0.6 is 0 Å². The summed E-state index contributed by atoms with van der Waals surface area (Å²) in [4.78, 5) is 37.8. The number of hydrogen-bond donors (Lipinski definition) is 0. The van der Waals surface area contributed by atoms with Gasteiger partial charge in [0.1, 0.15) is 12.1 Å².